The van der Waals surface area contributed by atoms with Crippen LogP contribution in [0.3, 0.4) is 0 Å². The molecule has 0 saturated carbocycles. The molecule has 1 fully saturated rings. The third-order valence-electron chi connectivity index (χ3n) is 3.34. The molecule has 0 spiro atoms. The number of rotatable bonds is 4. The maximum absolute atomic E-state index is 6.28. The zero-order valence-electron chi connectivity index (χ0n) is 11.4. The molecule has 1 unspecified atom stereocenters. The molecule has 18 heavy (non-hydrogen) atoms. The summed E-state index contributed by atoms with van der Waals surface area (Å²) in [4.78, 5) is 2.52. The number of hydrogen-bond acceptors (Lipinski definition) is 3. The first-order valence-corrected chi connectivity index (χ1v) is 7.69. The Bertz CT molecular complexity index is 364. The maximum atomic E-state index is 6.28. The van der Waals surface area contributed by atoms with Crippen LogP contribution in [0.1, 0.15) is 19.4 Å². The van der Waals surface area contributed by atoms with Crippen molar-refractivity contribution in [3.05, 3.63) is 35.9 Å². The van der Waals surface area contributed by atoms with E-state index in [1.807, 2.05) is 0 Å². The number of nitrogens with two attached hydrogens (primary N) is 1. The standard InChI is InChI=1S/C15H24N2S/c1-15(2)12-17(8-9-18-15)11-14(16)10-13-6-4-3-5-7-13/h3-7,14H,8-12,16H2,1-2H3. The lowest BCUT2D eigenvalue weighted by molar-refractivity contribution is 0.244. The Hall–Kier alpha value is -0.510. The minimum atomic E-state index is 0.242. The van der Waals surface area contributed by atoms with Crippen LogP contribution >= 0.6 is 11.8 Å². The molecule has 1 heterocycles. The van der Waals surface area contributed by atoms with E-state index in [9.17, 15) is 0 Å². The van der Waals surface area contributed by atoms with Crippen LogP contribution < -0.4 is 5.73 Å². The Labute approximate surface area is 115 Å². The largest absolute Gasteiger partial charge is 0.326 e. The minimum absolute atomic E-state index is 0.242. The van der Waals surface area contributed by atoms with Crippen molar-refractivity contribution in [1.82, 2.24) is 4.90 Å². The van der Waals surface area contributed by atoms with Crippen LogP contribution in [0, 0.1) is 0 Å². The lowest BCUT2D eigenvalue weighted by atomic mass is 10.1. The van der Waals surface area contributed by atoms with Gasteiger partial charge >= 0.3 is 0 Å². The van der Waals surface area contributed by atoms with Gasteiger partial charge in [0.2, 0.25) is 0 Å². The molecule has 2 N–H and O–H groups in total. The van der Waals surface area contributed by atoms with Crippen LogP contribution in [-0.4, -0.2) is 41.1 Å². The molecule has 1 aromatic carbocycles. The smallest absolute Gasteiger partial charge is 0.0231 e. The Balaban J connectivity index is 1.82. The second-order valence-corrected chi connectivity index (χ2v) is 7.60. The summed E-state index contributed by atoms with van der Waals surface area (Å²) >= 11 is 2.07. The van der Waals surface area contributed by atoms with Crippen LogP contribution in [0.15, 0.2) is 30.3 Å². The van der Waals surface area contributed by atoms with E-state index in [0.29, 0.717) is 4.75 Å². The van der Waals surface area contributed by atoms with Gasteiger partial charge in [0.1, 0.15) is 0 Å². The highest BCUT2D eigenvalue weighted by Crippen LogP contribution is 2.29. The normalized spacial score (nSPS) is 21.7. The summed E-state index contributed by atoms with van der Waals surface area (Å²) in [6.07, 6.45) is 0.977. The predicted molar refractivity (Wildman–Crippen MR) is 81.1 cm³/mol. The molecule has 2 nitrogen and oxygen atoms in total. The summed E-state index contributed by atoms with van der Waals surface area (Å²) in [5, 5.41) is 0. The van der Waals surface area contributed by atoms with Crippen molar-refractivity contribution < 1.29 is 0 Å². The van der Waals surface area contributed by atoms with Gasteiger partial charge in [-0.2, -0.15) is 11.8 Å². The van der Waals surface area contributed by atoms with Crippen LogP contribution in [0.5, 0.6) is 0 Å². The molecule has 100 valence electrons. The monoisotopic (exact) mass is 264 g/mol. The molecule has 0 amide bonds. The van der Waals surface area contributed by atoms with Crippen molar-refractivity contribution in [2.45, 2.75) is 31.1 Å². The molecule has 1 aliphatic rings. The summed E-state index contributed by atoms with van der Waals surface area (Å²) in [5.74, 6) is 1.23. The van der Waals surface area contributed by atoms with Gasteiger partial charge in [0.05, 0.1) is 0 Å². The average Bonchev–Trinajstić information content (AvgIpc) is 2.28. The second kappa shape index (κ2) is 6.09. The third-order valence-corrected chi connectivity index (χ3v) is 4.64. The quantitative estimate of drug-likeness (QED) is 0.905. The Kier molecular flexibility index (Phi) is 4.71. The number of thioether (sulfide) groups is 1. The average molecular weight is 264 g/mol. The molecule has 0 aromatic heterocycles. The van der Waals surface area contributed by atoms with Crippen molar-refractivity contribution in [1.29, 1.82) is 0 Å². The van der Waals surface area contributed by atoms with E-state index < -0.39 is 0 Å². The highest BCUT2D eigenvalue weighted by molar-refractivity contribution is 8.00. The highest BCUT2D eigenvalue weighted by Gasteiger charge is 2.27. The van der Waals surface area contributed by atoms with Gasteiger partial charge in [-0.25, -0.2) is 0 Å². The van der Waals surface area contributed by atoms with Crippen LogP contribution in [0.2, 0.25) is 0 Å². The lowest BCUT2D eigenvalue weighted by Gasteiger charge is -2.38. The molecule has 0 bridgehead atoms. The molecule has 0 aliphatic carbocycles. The Morgan fingerprint density at radius 2 is 2.06 bits per heavy atom. The number of hydrogen-bond donors (Lipinski definition) is 1. The molecule has 0 radical (unpaired) electrons. The van der Waals surface area contributed by atoms with E-state index in [1.54, 1.807) is 0 Å². The van der Waals surface area contributed by atoms with Crippen molar-refractivity contribution in [3.63, 3.8) is 0 Å². The summed E-state index contributed by atoms with van der Waals surface area (Å²) in [6, 6.07) is 10.8. The van der Waals surface area contributed by atoms with Gasteiger partial charge in [-0.15, -0.1) is 0 Å². The van der Waals surface area contributed by atoms with Gasteiger partial charge in [-0.3, -0.25) is 4.90 Å². The SMILES string of the molecule is CC1(C)CN(CC(N)Cc2ccccc2)CCS1. The number of benzene rings is 1. The predicted octanol–water partition coefficient (Wildman–Crippen LogP) is 2.38. The third kappa shape index (κ3) is 4.30. The first-order valence-electron chi connectivity index (χ1n) is 6.71. The zero-order chi connectivity index (χ0) is 13.0. The zero-order valence-corrected chi connectivity index (χ0v) is 12.2. The van der Waals surface area contributed by atoms with Crippen molar-refractivity contribution in [2.75, 3.05) is 25.4 Å². The van der Waals surface area contributed by atoms with Crippen molar-refractivity contribution in [2.24, 2.45) is 5.73 Å². The molecule has 1 aromatic rings. The van der Waals surface area contributed by atoms with E-state index in [0.717, 1.165) is 19.5 Å². The van der Waals surface area contributed by atoms with E-state index in [4.69, 9.17) is 5.73 Å². The fourth-order valence-corrected chi connectivity index (χ4v) is 3.76. The molecule has 3 heteroatoms. The molecular weight excluding hydrogens is 240 g/mol. The van der Waals surface area contributed by atoms with Gasteiger partial charge in [0.15, 0.2) is 0 Å². The summed E-state index contributed by atoms with van der Waals surface area (Å²) in [6.45, 7) is 7.99. The van der Waals surface area contributed by atoms with Gasteiger partial charge < -0.3 is 5.73 Å². The van der Waals surface area contributed by atoms with Crippen molar-refractivity contribution >= 4 is 11.8 Å². The van der Waals surface area contributed by atoms with Crippen LogP contribution in [0.25, 0.3) is 0 Å². The van der Waals surface area contributed by atoms with E-state index in [-0.39, 0.29) is 6.04 Å². The lowest BCUT2D eigenvalue weighted by Crippen LogP contribution is -2.48. The van der Waals surface area contributed by atoms with E-state index in [1.165, 1.54) is 17.9 Å². The summed E-state index contributed by atoms with van der Waals surface area (Å²) in [5.41, 5.74) is 7.62. The van der Waals surface area contributed by atoms with Crippen molar-refractivity contribution in [3.8, 4) is 0 Å². The Morgan fingerprint density at radius 1 is 1.33 bits per heavy atom. The second-order valence-electron chi connectivity index (χ2n) is 5.79. The minimum Gasteiger partial charge on any atom is -0.326 e. The first-order chi connectivity index (χ1) is 8.55. The highest BCUT2D eigenvalue weighted by atomic mass is 32.2. The molecule has 2 rings (SSSR count). The topological polar surface area (TPSA) is 29.3 Å². The van der Waals surface area contributed by atoms with Gasteiger partial charge in [0, 0.05) is 36.2 Å². The Morgan fingerprint density at radius 3 is 2.72 bits per heavy atom. The van der Waals surface area contributed by atoms with E-state index >= 15 is 0 Å². The maximum Gasteiger partial charge on any atom is 0.0231 e. The molecule has 1 saturated heterocycles. The summed E-state index contributed by atoms with van der Waals surface area (Å²) in [7, 11) is 0. The first kappa shape index (κ1) is 13.9. The van der Waals surface area contributed by atoms with Gasteiger partial charge in [0.25, 0.3) is 0 Å². The molecular formula is C15H24N2S. The number of nitrogens with zero attached hydrogens (tertiary/aromatic N) is 1. The van der Waals surface area contributed by atoms with Crippen LogP contribution in [-0.2, 0) is 6.42 Å². The van der Waals surface area contributed by atoms with Gasteiger partial charge in [-0.1, -0.05) is 30.3 Å². The van der Waals surface area contributed by atoms with E-state index in [2.05, 4.69) is 60.8 Å². The fraction of sp³-hybridized carbons (Fsp3) is 0.600. The molecule has 1 aliphatic heterocycles. The fourth-order valence-electron chi connectivity index (χ4n) is 2.58. The summed E-state index contributed by atoms with van der Waals surface area (Å²) < 4.78 is 0.380. The van der Waals surface area contributed by atoms with Crippen LogP contribution in [0.4, 0.5) is 0 Å². The van der Waals surface area contributed by atoms with Gasteiger partial charge in [-0.05, 0) is 25.8 Å². The molecule has 1 atom stereocenters.